The molecule has 1 aromatic heterocycles. The summed E-state index contributed by atoms with van der Waals surface area (Å²) in [5.41, 5.74) is 0.0923. The van der Waals surface area contributed by atoms with Crippen LogP contribution < -0.4 is 0 Å². The molecule has 3 rings (SSSR count). The highest BCUT2D eigenvalue weighted by molar-refractivity contribution is 5.91. The summed E-state index contributed by atoms with van der Waals surface area (Å²) in [5.74, 6) is 0.383. The van der Waals surface area contributed by atoms with E-state index in [2.05, 4.69) is 10.1 Å². The highest BCUT2D eigenvalue weighted by Crippen LogP contribution is 2.40. The van der Waals surface area contributed by atoms with Crippen molar-refractivity contribution < 1.29 is 9.59 Å². The molecule has 0 bridgehead atoms. The van der Waals surface area contributed by atoms with Crippen molar-refractivity contribution >= 4 is 11.8 Å². The van der Waals surface area contributed by atoms with E-state index in [-0.39, 0.29) is 29.0 Å². The summed E-state index contributed by atoms with van der Waals surface area (Å²) in [6, 6.07) is 0. The number of carbonyl (C=O) groups excluding carboxylic acids is 2. The lowest BCUT2D eigenvalue weighted by Gasteiger charge is -2.47. The number of hydrogen-bond acceptors (Lipinski definition) is 4. The average molecular weight is 291 g/mol. The van der Waals surface area contributed by atoms with Gasteiger partial charge in [-0.2, -0.15) is 0 Å². The van der Waals surface area contributed by atoms with Gasteiger partial charge in [-0.1, -0.05) is 13.8 Å². The summed E-state index contributed by atoms with van der Waals surface area (Å²) in [6.45, 7) is 6.83. The SMILES string of the molecule is CC(C)C(=O)N1CCC2(CN(C(=O)c3ncn(C)n3)C2)C1. The molecule has 7 nitrogen and oxygen atoms in total. The van der Waals surface area contributed by atoms with E-state index in [0.29, 0.717) is 13.1 Å². The Balaban J connectivity index is 1.58. The van der Waals surface area contributed by atoms with Crippen LogP contribution in [0.25, 0.3) is 0 Å². The summed E-state index contributed by atoms with van der Waals surface area (Å²) in [6.07, 6.45) is 2.51. The van der Waals surface area contributed by atoms with E-state index >= 15 is 0 Å². The maximum absolute atomic E-state index is 12.2. The van der Waals surface area contributed by atoms with Crippen LogP contribution in [0.15, 0.2) is 6.33 Å². The lowest BCUT2D eigenvalue weighted by atomic mass is 9.79. The van der Waals surface area contributed by atoms with E-state index in [9.17, 15) is 9.59 Å². The topological polar surface area (TPSA) is 71.3 Å². The van der Waals surface area contributed by atoms with Gasteiger partial charge in [-0.05, 0) is 6.42 Å². The highest BCUT2D eigenvalue weighted by atomic mass is 16.2. The Morgan fingerprint density at radius 2 is 1.90 bits per heavy atom. The van der Waals surface area contributed by atoms with Crippen molar-refractivity contribution in [2.24, 2.45) is 18.4 Å². The van der Waals surface area contributed by atoms with Crippen molar-refractivity contribution in [1.82, 2.24) is 24.6 Å². The molecule has 2 aliphatic rings. The van der Waals surface area contributed by atoms with Crippen LogP contribution in [-0.2, 0) is 11.8 Å². The summed E-state index contributed by atoms with van der Waals surface area (Å²) in [7, 11) is 1.74. The molecule has 21 heavy (non-hydrogen) atoms. The molecule has 7 heteroatoms. The van der Waals surface area contributed by atoms with Crippen molar-refractivity contribution in [1.29, 1.82) is 0 Å². The van der Waals surface area contributed by atoms with E-state index in [1.165, 1.54) is 11.0 Å². The first-order valence-corrected chi connectivity index (χ1v) is 7.34. The van der Waals surface area contributed by atoms with Gasteiger partial charge in [-0.15, -0.1) is 5.10 Å². The fourth-order valence-electron chi connectivity index (χ4n) is 3.23. The van der Waals surface area contributed by atoms with Gasteiger partial charge >= 0.3 is 0 Å². The van der Waals surface area contributed by atoms with Gasteiger partial charge in [0.15, 0.2) is 0 Å². The minimum Gasteiger partial charge on any atom is -0.342 e. The second kappa shape index (κ2) is 4.82. The molecule has 114 valence electrons. The first kappa shape index (κ1) is 14.0. The van der Waals surface area contributed by atoms with Crippen LogP contribution in [0, 0.1) is 11.3 Å². The molecule has 2 amide bonds. The monoisotopic (exact) mass is 291 g/mol. The van der Waals surface area contributed by atoms with Crippen molar-refractivity contribution in [2.45, 2.75) is 20.3 Å². The van der Waals surface area contributed by atoms with E-state index in [0.717, 1.165) is 19.5 Å². The van der Waals surface area contributed by atoms with Gasteiger partial charge in [0.05, 0.1) is 0 Å². The molecule has 2 aliphatic heterocycles. The Labute approximate surface area is 123 Å². The summed E-state index contributed by atoms with van der Waals surface area (Å²) in [4.78, 5) is 32.0. The third kappa shape index (κ3) is 2.41. The minimum atomic E-state index is -0.116. The Hall–Kier alpha value is -1.92. The molecule has 0 atom stereocenters. The fraction of sp³-hybridized carbons (Fsp3) is 0.714. The third-order valence-electron chi connectivity index (χ3n) is 4.37. The second-order valence-corrected chi connectivity index (χ2v) is 6.57. The van der Waals surface area contributed by atoms with Crippen molar-refractivity contribution in [3.05, 3.63) is 12.2 Å². The average Bonchev–Trinajstić information content (AvgIpc) is 3.01. The number of rotatable bonds is 2. The van der Waals surface area contributed by atoms with Crippen LogP contribution >= 0.6 is 0 Å². The maximum atomic E-state index is 12.2. The van der Waals surface area contributed by atoms with E-state index in [4.69, 9.17) is 0 Å². The number of likely N-dealkylation sites (tertiary alicyclic amines) is 2. The van der Waals surface area contributed by atoms with Crippen molar-refractivity contribution in [2.75, 3.05) is 26.2 Å². The largest absolute Gasteiger partial charge is 0.342 e. The lowest BCUT2D eigenvalue weighted by molar-refractivity contribution is -0.134. The maximum Gasteiger partial charge on any atom is 0.293 e. The predicted octanol–water partition coefficient (Wildman–Crippen LogP) is 0.146. The van der Waals surface area contributed by atoms with Gasteiger partial charge in [-0.25, -0.2) is 4.98 Å². The molecule has 0 N–H and O–H groups in total. The molecule has 3 heterocycles. The van der Waals surface area contributed by atoms with E-state index < -0.39 is 0 Å². The first-order chi connectivity index (χ1) is 9.90. The zero-order valence-electron chi connectivity index (χ0n) is 12.7. The normalized spacial score (nSPS) is 20.2. The van der Waals surface area contributed by atoms with Crippen LogP contribution in [0.5, 0.6) is 0 Å². The number of amides is 2. The van der Waals surface area contributed by atoms with Crippen molar-refractivity contribution in [3.8, 4) is 0 Å². The lowest BCUT2D eigenvalue weighted by Crippen LogP contribution is -2.59. The zero-order valence-corrected chi connectivity index (χ0v) is 12.7. The number of hydrogen-bond donors (Lipinski definition) is 0. The Morgan fingerprint density at radius 3 is 2.48 bits per heavy atom. The number of nitrogens with zero attached hydrogens (tertiary/aromatic N) is 5. The molecular weight excluding hydrogens is 270 g/mol. The molecule has 1 spiro atoms. The zero-order chi connectivity index (χ0) is 15.2. The summed E-state index contributed by atoms with van der Waals surface area (Å²) >= 11 is 0. The van der Waals surface area contributed by atoms with Gasteiger partial charge in [0.25, 0.3) is 5.91 Å². The molecule has 2 fully saturated rings. The van der Waals surface area contributed by atoms with Crippen LogP contribution in [0.4, 0.5) is 0 Å². The van der Waals surface area contributed by atoms with Gasteiger partial charge in [0, 0.05) is 44.6 Å². The molecule has 0 aliphatic carbocycles. The van der Waals surface area contributed by atoms with Crippen LogP contribution in [0.2, 0.25) is 0 Å². The molecule has 1 aromatic rings. The molecule has 0 saturated carbocycles. The first-order valence-electron chi connectivity index (χ1n) is 7.34. The smallest absolute Gasteiger partial charge is 0.293 e. The third-order valence-corrected chi connectivity index (χ3v) is 4.37. The van der Waals surface area contributed by atoms with Crippen molar-refractivity contribution in [3.63, 3.8) is 0 Å². The number of aryl methyl sites for hydroxylation is 1. The molecule has 0 radical (unpaired) electrons. The second-order valence-electron chi connectivity index (χ2n) is 6.57. The number of carbonyl (C=O) groups is 2. The van der Waals surface area contributed by atoms with Gasteiger partial charge in [-0.3, -0.25) is 14.3 Å². The molecule has 0 aromatic carbocycles. The summed E-state index contributed by atoms with van der Waals surface area (Å²) < 4.78 is 1.53. The minimum absolute atomic E-state index is 0.0377. The molecule has 2 saturated heterocycles. The predicted molar refractivity (Wildman–Crippen MR) is 75.4 cm³/mol. The molecule has 0 unspecified atom stereocenters. The Bertz CT molecular complexity index is 574. The van der Waals surface area contributed by atoms with E-state index in [1.807, 2.05) is 18.7 Å². The highest BCUT2D eigenvalue weighted by Gasteiger charge is 2.50. The van der Waals surface area contributed by atoms with Crippen LogP contribution in [0.3, 0.4) is 0 Å². The number of aromatic nitrogens is 3. The quantitative estimate of drug-likeness (QED) is 0.777. The van der Waals surface area contributed by atoms with Gasteiger partial charge in [0.2, 0.25) is 11.7 Å². The summed E-state index contributed by atoms with van der Waals surface area (Å²) in [5, 5.41) is 4.04. The fourth-order valence-corrected chi connectivity index (χ4v) is 3.23. The van der Waals surface area contributed by atoms with Gasteiger partial charge < -0.3 is 9.80 Å². The van der Waals surface area contributed by atoms with Crippen LogP contribution in [-0.4, -0.2) is 62.6 Å². The van der Waals surface area contributed by atoms with Gasteiger partial charge in [0.1, 0.15) is 6.33 Å². The van der Waals surface area contributed by atoms with E-state index in [1.54, 1.807) is 11.9 Å². The Kier molecular flexibility index (Phi) is 3.22. The standard InChI is InChI=1S/C14H21N5O2/c1-10(2)12(20)18-5-4-14(6-18)7-19(8-14)13(21)11-15-9-17(3)16-11/h9-10H,4-8H2,1-3H3. The van der Waals surface area contributed by atoms with Crippen LogP contribution in [0.1, 0.15) is 30.9 Å². The molecular formula is C14H21N5O2. The Morgan fingerprint density at radius 1 is 1.24 bits per heavy atom.